The minimum absolute atomic E-state index is 0.0869. The molecule has 0 bridgehead atoms. The molecule has 0 saturated carbocycles. The summed E-state index contributed by atoms with van der Waals surface area (Å²) in [6, 6.07) is 16.9. The molecule has 3 aromatic rings. The van der Waals surface area contributed by atoms with Crippen molar-refractivity contribution in [3.8, 4) is 11.3 Å². The molecule has 2 aromatic carbocycles. The van der Waals surface area contributed by atoms with Gasteiger partial charge in [-0.05, 0) is 64.0 Å². The number of hydrogen-bond acceptors (Lipinski definition) is 4. The van der Waals surface area contributed by atoms with E-state index in [-0.39, 0.29) is 12.0 Å². The number of hydrogen-bond donors (Lipinski definition) is 0. The quantitative estimate of drug-likeness (QED) is 0.549. The van der Waals surface area contributed by atoms with Crippen LogP contribution in [0, 0.1) is 13.8 Å². The number of likely N-dealkylation sites (N-methyl/N-ethyl adjacent to an activating group) is 1. The highest BCUT2D eigenvalue weighted by Gasteiger charge is 2.29. The minimum Gasteiger partial charge on any atom is -0.368 e. The first-order valence-corrected chi connectivity index (χ1v) is 11.4. The Morgan fingerprint density at radius 1 is 1.09 bits per heavy atom. The second kappa shape index (κ2) is 9.80. The molecule has 5 nitrogen and oxygen atoms in total. The van der Waals surface area contributed by atoms with Crippen LogP contribution in [-0.4, -0.2) is 60.6 Å². The largest absolute Gasteiger partial charge is 0.368 e. The van der Waals surface area contributed by atoms with Crippen molar-refractivity contribution in [1.29, 1.82) is 0 Å². The van der Waals surface area contributed by atoms with Gasteiger partial charge in [-0.1, -0.05) is 42.0 Å². The molecule has 2 heterocycles. The van der Waals surface area contributed by atoms with Gasteiger partial charge in [-0.2, -0.15) is 0 Å². The molecule has 1 amide bonds. The van der Waals surface area contributed by atoms with E-state index in [1.807, 2.05) is 19.0 Å². The number of fused-ring (bicyclic) bond motifs is 1. The average Bonchev–Trinajstić information content (AvgIpc) is 3.31. The van der Waals surface area contributed by atoms with Gasteiger partial charge >= 0.3 is 0 Å². The zero-order valence-corrected chi connectivity index (χ0v) is 19.6. The van der Waals surface area contributed by atoms with Gasteiger partial charge in [-0.15, -0.1) is 0 Å². The highest BCUT2D eigenvalue weighted by molar-refractivity contribution is 5.86. The normalized spacial score (nSPS) is 16.1. The Morgan fingerprint density at radius 3 is 2.62 bits per heavy atom. The summed E-state index contributed by atoms with van der Waals surface area (Å²) in [7, 11) is 4.07. The number of para-hydroxylation sites is 1. The molecule has 1 aromatic heterocycles. The minimum atomic E-state index is -0.324. The summed E-state index contributed by atoms with van der Waals surface area (Å²) in [4.78, 5) is 22.5. The van der Waals surface area contributed by atoms with E-state index in [0.717, 1.165) is 52.7 Å². The van der Waals surface area contributed by atoms with Crippen LogP contribution in [0.4, 0.5) is 0 Å². The van der Waals surface area contributed by atoms with Gasteiger partial charge in [0.1, 0.15) is 6.10 Å². The van der Waals surface area contributed by atoms with Crippen molar-refractivity contribution in [2.75, 3.05) is 33.8 Å². The molecular weight excluding hydrogens is 398 g/mol. The monoisotopic (exact) mass is 431 g/mol. The van der Waals surface area contributed by atoms with Crippen LogP contribution in [0.1, 0.15) is 29.5 Å². The molecular formula is C27H33N3O2. The number of aromatic nitrogens is 1. The summed E-state index contributed by atoms with van der Waals surface area (Å²) < 4.78 is 5.74. The number of amides is 1. The zero-order chi connectivity index (χ0) is 22.7. The van der Waals surface area contributed by atoms with E-state index >= 15 is 0 Å². The lowest BCUT2D eigenvalue weighted by molar-refractivity contribution is -0.141. The van der Waals surface area contributed by atoms with Crippen LogP contribution in [0.2, 0.25) is 0 Å². The van der Waals surface area contributed by atoms with Crippen molar-refractivity contribution < 1.29 is 9.53 Å². The molecule has 1 saturated heterocycles. The molecule has 0 radical (unpaired) electrons. The number of ether oxygens (including phenoxy) is 1. The number of aryl methyl sites for hydroxylation is 2. The van der Waals surface area contributed by atoms with E-state index in [1.54, 1.807) is 0 Å². The molecule has 168 valence electrons. The summed E-state index contributed by atoms with van der Waals surface area (Å²) in [5.41, 5.74) is 6.47. The fourth-order valence-electron chi connectivity index (χ4n) is 4.32. The third-order valence-electron chi connectivity index (χ3n) is 6.11. The topological polar surface area (TPSA) is 45.7 Å². The Morgan fingerprint density at radius 2 is 1.91 bits per heavy atom. The van der Waals surface area contributed by atoms with Gasteiger partial charge in [0, 0.05) is 37.2 Å². The van der Waals surface area contributed by atoms with Crippen LogP contribution in [-0.2, 0) is 16.1 Å². The third-order valence-corrected chi connectivity index (χ3v) is 6.11. The molecule has 1 aliphatic rings. The van der Waals surface area contributed by atoms with Crippen LogP contribution in [0.3, 0.4) is 0 Å². The maximum atomic E-state index is 13.3. The summed E-state index contributed by atoms with van der Waals surface area (Å²) in [5, 5.41) is 1.11. The van der Waals surface area contributed by atoms with Gasteiger partial charge in [0.15, 0.2) is 0 Å². The van der Waals surface area contributed by atoms with Crippen LogP contribution in [0.15, 0.2) is 48.5 Å². The van der Waals surface area contributed by atoms with Crippen LogP contribution in [0.5, 0.6) is 0 Å². The number of carbonyl (C=O) groups is 1. The van der Waals surface area contributed by atoms with Gasteiger partial charge in [-0.3, -0.25) is 4.79 Å². The molecule has 0 unspecified atom stereocenters. The fourth-order valence-corrected chi connectivity index (χ4v) is 4.32. The number of pyridine rings is 1. The zero-order valence-electron chi connectivity index (χ0n) is 19.6. The van der Waals surface area contributed by atoms with E-state index in [2.05, 4.69) is 67.3 Å². The molecule has 0 spiro atoms. The Labute approximate surface area is 191 Å². The lowest BCUT2D eigenvalue weighted by Crippen LogP contribution is -2.42. The highest BCUT2D eigenvalue weighted by atomic mass is 16.5. The molecule has 1 atom stereocenters. The van der Waals surface area contributed by atoms with E-state index in [0.29, 0.717) is 19.7 Å². The smallest absolute Gasteiger partial charge is 0.252 e. The summed E-state index contributed by atoms with van der Waals surface area (Å²) >= 11 is 0. The average molecular weight is 432 g/mol. The SMILES string of the molecule is Cc1cccc(-c2nc3c(C)cccc3cc2CN(CCN(C)C)C(=O)[C@@H]2CCCO2)c1. The number of nitrogens with zero attached hydrogens (tertiary/aromatic N) is 3. The van der Waals surface area contributed by atoms with Crippen LogP contribution >= 0.6 is 0 Å². The summed E-state index contributed by atoms with van der Waals surface area (Å²) in [6.07, 6.45) is 1.43. The standard InChI is InChI=1S/C27H33N3O2/c1-19-8-5-10-21(16-19)26-23(17-22-11-6-9-20(2)25(22)28-26)18-30(14-13-29(3)4)27(31)24-12-7-15-32-24/h5-6,8-11,16-17,24H,7,12-15,18H2,1-4H3/t24-/m0/s1. The van der Waals surface area contributed by atoms with Gasteiger partial charge in [0.25, 0.3) is 5.91 Å². The first-order valence-electron chi connectivity index (χ1n) is 11.4. The molecule has 0 aliphatic carbocycles. The Kier molecular flexibility index (Phi) is 6.87. The maximum Gasteiger partial charge on any atom is 0.252 e. The lowest BCUT2D eigenvalue weighted by Gasteiger charge is -2.28. The molecule has 32 heavy (non-hydrogen) atoms. The first kappa shape index (κ1) is 22.4. The predicted octanol–water partition coefficient (Wildman–Crippen LogP) is 4.59. The Balaban J connectivity index is 1.77. The van der Waals surface area contributed by atoms with Crippen LogP contribution in [0.25, 0.3) is 22.2 Å². The summed E-state index contributed by atoms with van der Waals surface area (Å²) in [5.74, 6) is 0.0869. The van der Waals surface area contributed by atoms with Crippen molar-refractivity contribution in [1.82, 2.24) is 14.8 Å². The van der Waals surface area contributed by atoms with E-state index in [9.17, 15) is 4.79 Å². The second-order valence-electron chi connectivity index (χ2n) is 9.08. The molecule has 5 heteroatoms. The van der Waals surface area contributed by atoms with Gasteiger partial charge in [-0.25, -0.2) is 4.98 Å². The van der Waals surface area contributed by atoms with Gasteiger partial charge in [0.05, 0.1) is 11.2 Å². The molecule has 4 rings (SSSR count). The maximum absolute atomic E-state index is 13.3. The van der Waals surface area contributed by atoms with Gasteiger partial charge in [0.2, 0.25) is 0 Å². The molecule has 0 N–H and O–H groups in total. The van der Waals surface area contributed by atoms with E-state index < -0.39 is 0 Å². The van der Waals surface area contributed by atoms with Crippen LogP contribution < -0.4 is 0 Å². The first-order chi connectivity index (χ1) is 15.4. The van der Waals surface area contributed by atoms with Crippen molar-refractivity contribution in [2.24, 2.45) is 0 Å². The Bertz CT molecular complexity index is 1100. The van der Waals surface area contributed by atoms with Crippen molar-refractivity contribution in [3.63, 3.8) is 0 Å². The predicted molar refractivity (Wildman–Crippen MR) is 130 cm³/mol. The van der Waals surface area contributed by atoms with Gasteiger partial charge < -0.3 is 14.5 Å². The molecule has 1 aliphatic heterocycles. The molecule has 1 fully saturated rings. The third kappa shape index (κ3) is 5.00. The Hall–Kier alpha value is -2.76. The second-order valence-corrected chi connectivity index (χ2v) is 9.08. The fraction of sp³-hybridized carbons (Fsp3) is 0.407. The summed E-state index contributed by atoms with van der Waals surface area (Å²) in [6.45, 7) is 6.85. The number of carbonyl (C=O) groups excluding carboxylic acids is 1. The highest BCUT2D eigenvalue weighted by Crippen LogP contribution is 2.29. The number of benzene rings is 2. The van der Waals surface area contributed by atoms with Crippen molar-refractivity contribution >= 4 is 16.8 Å². The number of rotatable bonds is 7. The van der Waals surface area contributed by atoms with E-state index in [1.165, 1.54) is 5.56 Å². The lowest BCUT2D eigenvalue weighted by atomic mass is 10.00. The van der Waals surface area contributed by atoms with Crippen molar-refractivity contribution in [3.05, 3.63) is 65.2 Å². The van der Waals surface area contributed by atoms with Crippen molar-refractivity contribution in [2.45, 2.75) is 39.3 Å². The van der Waals surface area contributed by atoms with E-state index in [4.69, 9.17) is 9.72 Å².